The number of benzene rings is 1. The van der Waals surface area contributed by atoms with Gasteiger partial charge in [0.05, 0.1) is 11.1 Å². The summed E-state index contributed by atoms with van der Waals surface area (Å²) >= 11 is 0. The van der Waals surface area contributed by atoms with Crippen molar-refractivity contribution in [2.45, 2.75) is 6.42 Å². The van der Waals surface area contributed by atoms with E-state index in [0.717, 1.165) is 0 Å². The molecule has 0 atom stereocenters. The number of nitrogen functional groups attached to an aromatic ring is 1. The largest absolute Gasteiger partial charge is 0.396 e. The molecule has 0 bridgehead atoms. The summed E-state index contributed by atoms with van der Waals surface area (Å²) in [4.78, 5) is 25.3. The maximum absolute atomic E-state index is 12.7. The summed E-state index contributed by atoms with van der Waals surface area (Å²) in [6, 6.07) is 6.59. The summed E-state index contributed by atoms with van der Waals surface area (Å²) < 4.78 is 0. The van der Waals surface area contributed by atoms with Crippen LogP contribution in [0.15, 0.2) is 24.3 Å². The van der Waals surface area contributed by atoms with E-state index in [9.17, 15) is 9.59 Å². The molecule has 0 unspecified atom stereocenters. The van der Waals surface area contributed by atoms with Crippen LogP contribution >= 0.6 is 0 Å². The fourth-order valence-corrected chi connectivity index (χ4v) is 2.46. The normalized spacial score (nSPS) is 12.8. The van der Waals surface area contributed by atoms with E-state index in [2.05, 4.69) is 15.5 Å². The first-order valence-corrected chi connectivity index (χ1v) is 6.84. The number of carbonyl (C=O) groups is 2. The van der Waals surface area contributed by atoms with E-state index in [0.29, 0.717) is 24.1 Å². The molecule has 7 heteroatoms. The van der Waals surface area contributed by atoms with E-state index in [1.165, 1.54) is 0 Å². The quantitative estimate of drug-likeness (QED) is 0.604. The summed E-state index contributed by atoms with van der Waals surface area (Å²) in [5.74, 6) is -0.484. The number of nitrogens with one attached hydrogen (secondary N) is 1. The van der Waals surface area contributed by atoms with E-state index in [4.69, 9.17) is 10.8 Å². The van der Waals surface area contributed by atoms with Gasteiger partial charge in [0, 0.05) is 24.3 Å². The van der Waals surface area contributed by atoms with Crippen LogP contribution in [-0.4, -0.2) is 40.0 Å². The minimum Gasteiger partial charge on any atom is -0.396 e. The number of carbonyl (C=O) groups excluding carboxylic acids is 2. The van der Waals surface area contributed by atoms with Crippen molar-refractivity contribution in [2.75, 3.05) is 24.2 Å². The highest BCUT2D eigenvalue weighted by atomic mass is 16.3. The Labute approximate surface area is 126 Å². The number of hydrogen-bond acceptors (Lipinski definition) is 7. The molecule has 22 heavy (non-hydrogen) atoms. The number of nitrogens with two attached hydrogens (primary N) is 1. The van der Waals surface area contributed by atoms with Crippen LogP contribution in [0.25, 0.3) is 0 Å². The monoisotopic (exact) mass is 298 g/mol. The van der Waals surface area contributed by atoms with E-state index in [-0.39, 0.29) is 40.9 Å². The third kappa shape index (κ3) is 2.11. The molecule has 0 fully saturated rings. The van der Waals surface area contributed by atoms with Gasteiger partial charge in [-0.25, -0.2) is 0 Å². The molecule has 1 aliphatic rings. The van der Waals surface area contributed by atoms with Crippen molar-refractivity contribution < 1.29 is 14.7 Å². The fourth-order valence-electron chi connectivity index (χ4n) is 2.46. The maximum Gasteiger partial charge on any atom is 0.198 e. The lowest BCUT2D eigenvalue weighted by molar-refractivity contribution is 0.0979. The van der Waals surface area contributed by atoms with Gasteiger partial charge in [-0.2, -0.15) is 0 Å². The van der Waals surface area contributed by atoms with Crippen molar-refractivity contribution >= 4 is 23.2 Å². The van der Waals surface area contributed by atoms with Crippen LogP contribution in [0.3, 0.4) is 0 Å². The number of rotatable bonds is 4. The van der Waals surface area contributed by atoms with Crippen molar-refractivity contribution in [1.82, 2.24) is 10.2 Å². The Bertz CT molecular complexity index is 773. The lowest BCUT2D eigenvalue weighted by Gasteiger charge is -2.20. The number of aliphatic hydroxyl groups is 1. The number of ketones is 2. The molecule has 0 radical (unpaired) electrons. The first-order chi connectivity index (χ1) is 10.6. The zero-order valence-electron chi connectivity index (χ0n) is 11.7. The molecule has 1 aliphatic carbocycles. The van der Waals surface area contributed by atoms with Crippen LogP contribution in [0, 0.1) is 0 Å². The lowest BCUT2D eigenvalue weighted by atomic mass is 9.84. The summed E-state index contributed by atoms with van der Waals surface area (Å²) in [6.07, 6.45) is 0.486. The molecule has 0 saturated carbocycles. The van der Waals surface area contributed by atoms with Crippen molar-refractivity contribution in [2.24, 2.45) is 0 Å². The highest BCUT2D eigenvalue weighted by Crippen LogP contribution is 2.32. The Morgan fingerprint density at radius 2 is 1.68 bits per heavy atom. The van der Waals surface area contributed by atoms with Crippen LogP contribution in [-0.2, 0) is 0 Å². The van der Waals surface area contributed by atoms with E-state index in [1.807, 2.05) is 0 Å². The molecular formula is C15H14N4O3. The standard InChI is InChI=1S/C15H14N4O3/c16-14-10-11(15(19-18-14)17-6-3-7-20)13(22)9-5-2-1-4-8(9)12(10)21/h1-2,4-5,20H,3,6-7H2,(H2,16,18)(H,17,19). The molecule has 1 aromatic heterocycles. The third-order valence-corrected chi connectivity index (χ3v) is 3.50. The summed E-state index contributed by atoms with van der Waals surface area (Å²) in [5.41, 5.74) is 6.65. The number of aromatic nitrogens is 2. The Morgan fingerprint density at radius 1 is 1.05 bits per heavy atom. The van der Waals surface area contributed by atoms with Gasteiger partial charge >= 0.3 is 0 Å². The van der Waals surface area contributed by atoms with Crippen molar-refractivity contribution in [3.63, 3.8) is 0 Å². The minimum atomic E-state index is -0.331. The number of nitrogens with zero attached hydrogens (tertiary/aromatic N) is 2. The molecule has 1 heterocycles. The first-order valence-electron chi connectivity index (χ1n) is 6.84. The van der Waals surface area contributed by atoms with Crippen LogP contribution in [0.1, 0.15) is 38.3 Å². The molecule has 0 saturated heterocycles. The molecular weight excluding hydrogens is 284 g/mol. The minimum absolute atomic E-state index is 0.00724. The molecule has 0 amide bonds. The van der Waals surface area contributed by atoms with Gasteiger partial charge < -0.3 is 16.2 Å². The molecule has 0 aliphatic heterocycles. The molecule has 7 nitrogen and oxygen atoms in total. The highest BCUT2D eigenvalue weighted by Gasteiger charge is 2.34. The number of fused-ring (bicyclic) bond motifs is 2. The van der Waals surface area contributed by atoms with E-state index >= 15 is 0 Å². The summed E-state index contributed by atoms with van der Waals surface area (Å²) in [6.45, 7) is 0.415. The zero-order chi connectivity index (χ0) is 15.7. The van der Waals surface area contributed by atoms with Crippen LogP contribution in [0.4, 0.5) is 11.6 Å². The third-order valence-electron chi connectivity index (χ3n) is 3.50. The summed E-state index contributed by atoms with van der Waals surface area (Å²) in [7, 11) is 0. The molecule has 1 aromatic carbocycles. The van der Waals surface area contributed by atoms with Crippen LogP contribution < -0.4 is 11.1 Å². The Balaban J connectivity index is 2.14. The second kappa shape index (κ2) is 5.53. The van der Waals surface area contributed by atoms with Gasteiger partial charge in [0.2, 0.25) is 0 Å². The lowest BCUT2D eigenvalue weighted by Crippen LogP contribution is -2.26. The first kappa shape index (κ1) is 14.2. The highest BCUT2D eigenvalue weighted by molar-refractivity contribution is 6.31. The van der Waals surface area contributed by atoms with Gasteiger partial charge in [0.25, 0.3) is 0 Å². The maximum atomic E-state index is 12.7. The number of aliphatic hydroxyl groups excluding tert-OH is 1. The Hall–Kier alpha value is -2.80. The van der Waals surface area contributed by atoms with Gasteiger partial charge in [0.1, 0.15) is 0 Å². The molecule has 0 spiro atoms. The van der Waals surface area contributed by atoms with Crippen LogP contribution in [0.2, 0.25) is 0 Å². The molecule has 112 valence electrons. The zero-order valence-corrected chi connectivity index (χ0v) is 11.7. The van der Waals surface area contributed by atoms with Crippen LogP contribution in [0.5, 0.6) is 0 Å². The SMILES string of the molecule is Nc1nnc(NCCCO)c2c1C(=O)c1ccccc1C2=O. The van der Waals surface area contributed by atoms with Gasteiger partial charge in [-0.05, 0) is 6.42 Å². The second-order valence-corrected chi connectivity index (χ2v) is 4.89. The predicted molar refractivity (Wildman–Crippen MR) is 79.9 cm³/mol. The topological polar surface area (TPSA) is 118 Å². The Morgan fingerprint density at radius 3 is 2.32 bits per heavy atom. The Kier molecular flexibility index (Phi) is 3.56. The van der Waals surface area contributed by atoms with Crippen molar-refractivity contribution in [1.29, 1.82) is 0 Å². The van der Waals surface area contributed by atoms with Gasteiger partial charge in [-0.15, -0.1) is 10.2 Å². The second-order valence-electron chi connectivity index (χ2n) is 4.89. The van der Waals surface area contributed by atoms with Crippen molar-refractivity contribution in [3.05, 3.63) is 46.5 Å². The smallest absolute Gasteiger partial charge is 0.198 e. The predicted octanol–water partition coefficient (Wildman–Crippen LogP) is 0.628. The molecule has 2 aromatic rings. The fraction of sp³-hybridized carbons (Fsp3) is 0.200. The van der Waals surface area contributed by atoms with E-state index < -0.39 is 0 Å². The van der Waals surface area contributed by atoms with Gasteiger partial charge in [-0.1, -0.05) is 24.3 Å². The van der Waals surface area contributed by atoms with Gasteiger partial charge in [0.15, 0.2) is 23.2 Å². The number of anilines is 2. The van der Waals surface area contributed by atoms with Gasteiger partial charge in [-0.3, -0.25) is 9.59 Å². The van der Waals surface area contributed by atoms with Crippen molar-refractivity contribution in [3.8, 4) is 0 Å². The molecule has 4 N–H and O–H groups in total. The van der Waals surface area contributed by atoms with E-state index in [1.54, 1.807) is 24.3 Å². The number of hydrogen-bond donors (Lipinski definition) is 3. The summed E-state index contributed by atoms with van der Waals surface area (Å²) in [5, 5.41) is 19.4. The molecule has 3 rings (SSSR count). The average molecular weight is 298 g/mol. The average Bonchev–Trinajstić information content (AvgIpc) is 2.54.